The van der Waals surface area contributed by atoms with Gasteiger partial charge in [0.25, 0.3) is 5.91 Å². The Kier molecular flexibility index (Phi) is 11.9. The van der Waals surface area contributed by atoms with E-state index in [1.165, 1.54) is 42.5 Å². The van der Waals surface area contributed by atoms with Crippen LogP contribution in [0.2, 0.25) is 0 Å². The summed E-state index contributed by atoms with van der Waals surface area (Å²) < 4.78 is 0. The van der Waals surface area contributed by atoms with Gasteiger partial charge in [0.1, 0.15) is 11.3 Å². The van der Waals surface area contributed by atoms with Crippen LogP contribution in [0.25, 0.3) is 0 Å². The SMILES string of the molecule is O=C(O)CCNC(=O)c1ccc(N=Nc2ccc(O)c(C(=O)O)c2)cc1.[NaH].[NaH]. The first kappa shape index (κ1) is 26.2. The second-order valence-corrected chi connectivity index (χ2v) is 5.15. The standard InChI is InChI=1S/C17H15N3O6.2Na.2H/c21-14-6-5-12(9-13(14)17(25)26)20-19-11-3-1-10(2-4-11)16(24)18-8-7-15(22)23;;;;/h1-6,9,21H,7-8H2,(H,18,24)(H,22,23)(H,25,26);;;;. The predicted octanol–water partition coefficient (Wildman–Crippen LogP) is 1.41. The number of phenols is 1. The van der Waals surface area contributed by atoms with Gasteiger partial charge < -0.3 is 20.6 Å². The van der Waals surface area contributed by atoms with Crippen LogP contribution >= 0.6 is 0 Å². The third-order valence-electron chi connectivity index (χ3n) is 3.25. The number of hydrogen-bond donors (Lipinski definition) is 4. The van der Waals surface area contributed by atoms with Gasteiger partial charge in [0.05, 0.1) is 17.8 Å². The first-order chi connectivity index (χ1) is 12.4. The van der Waals surface area contributed by atoms with Gasteiger partial charge in [-0.3, -0.25) is 9.59 Å². The molecule has 9 nitrogen and oxygen atoms in total. The number of carbonyl (C=O) groups excluding carboxylic acids is 1. The molecule has 0 aromatic heterocycles. The summed E-state index contributed by atoms with van der Waals surface area (Å²) in [5, 5.41) is 37.2. The normalized spacial score (nSPS) is 9.86. The molecule has 2 rings (SSSR count). The maximum atomic E-state index is 11.8. The molecule has 0 unspecified atom stereocenters. The van der Waals surface area contributed by atoms with Gasteiger partial charge in [0.15, 0.2) is 0 Å². The molecule has 2 aromatic carbocycles. The van der Waals surface area contributed by atoms with Gasteiger partial charge in [-0.2, -0.15) is 10.2 Å². The number of nitrogens with one attached hydrogen (secondary N) is 1. The molecule has 0 aliphatic rings. The molecule has 28 heavy (non-hydrogen) atoms. The van der Waals surface area contributed by atoms with Crippen LogP contribution in [0.1, 0.15) is 27.1 Å². The number of azo groups is 1. The second-order valence-electron chi connectivity index (χ2n) is 5.15. The molecule has 138 valence electrons. The van der Waals surface area contributed by atoms with Crippen molar-refractivity contribution >= 4 is 88.3 Å². The molecule has 0 aliphatic carbocycles. The summed E-state index contributed by atoms with van der Waals surface area (Å²) >= 11 is 0. The van der Waals surface area contributed by atoms with Gasteiger partial charge in [-0.05, 0) is 42.5 Å². The monoisotopic (exact) mass is 405 g/mol. The number of carbonyl (C=O) groups is 3. The Morgan fingerprint density at radius 2 is 1.46 bits per heavy atom. The topological polar surface area (TPSA) is 149 Å². The first-order valence-corrected chi connectivity index (χ1v) is 7.45. The summed E-state index contributed by atoms with van der Waals surface area (Å²) in [7, 11) is 0. The summed E-state index contributed by atoms with van der Waals surface area (Å²) in [5.74, 6) is -3.05. The van der Waals surface area contributed by atoms with Gasteiger partial charge in [-0.1, -0.05) is 0 Å². The Bertz CT molecular complexity index is 872. The zero-order valence-electron chi connectivity index (χ0n) is 13.4. The number of aliphatic carboxylic acids is 1. The molecule has 0 aliphatic heterocycles. The molecule has 0 heterocycles. The third-order valence-corrected chi connectivity index (χ3v) is 3.25. The molecule has 0 bridgehead atoms. The van der Waals surface area contributed by atoms with E-state index in [1.54, 1.807) is 0 Å². The van der Waals surface area contributed by atoms with E-state index in [-0.39, 0.29) is 89.1 Å². The summed E-state index contributed by atoms with van der Waals surface area (Å²) in [6, 6.07) is 9.89. The van der Waals surface area contributed by atoms with Crippen LogP contribution < -0.4 is 5.32 Å². The summed E-state index contributed by atoms with van der Waals surface area (Å²) in [6.07, 6.45) is -0.164. The van der Waals surface area contributed by atoms with Crippen LogP contribution in [0, 0.1) is 0 Å². The second kappa shape index (κ2) is 12.7. The zero-order valence-corrected chi connectivity index (χ0v) is 13.4. The molecule has 0 fully saturated rings. The number of aromatic hydroxyl groups is 1. The molecule has 0 spiro atoms. The fraction of sp³-hybridized carbons (Fsp3) is 0.118. The third kappa shape index (κ3) is 8.09. The molecule has 0 radical (unpaired) electrons. The fourth-order valence-electron chi connectivity index (χ4n) is 1.94. The predicted molar refractivity (Wildman–Crippen MR) is 105 cm³/mol. The van der Waals surface area contributed by atoms with Crippen molar-refractivity contribution in [3.05, 3.63) is 53.6 Å². The Balaban J connectivity index is 0.00000364. The molecule has 4 N–H and O–H groups in total. The minimum atomic E-state index is -1.28. The molecule has 0 saturated carbocycles. The van der Waals surface area contributed by atoms with E-state index < -0.39 is 17.8 Å². The molecular weight excluding hydrogens is 388 g/mol. The van der Waals surface area contributed by atoms with E-state index in [1.807, 2.05) is 0 Å². The van der Waals surface area contributed by atoms with Gasteiger partial charge in [-0.25, -0.2) is 4.79 Å². The minimum absolute atomic E-state index is 0. The van der Waals surface area contributed by atoms with Crippen molar-refractivity contribution in [2.24, 2.45) is 10.2 Å². The van der Waals surface area contributed by atoms with E-state index in [0.29, 0.717) is 11.3 Å². The van der Waals surface area contributed by atoms with Crippen molar-refractivity contribution in [1.29, 1.82) is 0 Å². The van der Waals surface area contributed by atoms with Crippen LogP contribution in [0.4, 0.5) is 11.4 Å². The number of hydrogen-bond acceptors (Lipinski definition) is 6. The number of rotatable bonds is 7. The van der Waals surface area contributed by atoms with E-state index in [4.69, 9.17) is 10.2 Å². The number of carboxylic acids is 2. The van der Waals surface area contributed by atoms with Crippen molar-refractivity contribution < 1.29 is 29.7 Å². The van der Waals surface area contributed by atoms with Crippen LogP contribution in [0.5, 0.6) is 5.75 Å². The Labute approximate surface area is 204 Å². The number of amides is 1. The van der Waals surface area contributed by atoms with E-state index >= 15 is 0 Å². The first-order valence-electron chi connectivity index (χ1n) is 7.45. The number of aromatic carboxylic acids is 1. The van der Waals surface area contributed by atoms with Crippen LogP contribution in [0.3, 0.4) is 0 Å². The Morgan fingerprint density at radius 3 is 2.04 bits per heavy atom. The van der Waals surface area contributed by atoms with Gasteiger partial charge in [0, 0.05) is 12.1 Å². The van der Waals surface area contributed by atoms with Gasteiger partial charge in [0.2, 0.25) is 0 Å². The van der Waals surface area contributed by atoms with Crippen LogP contribution in [0.15, 0.2) is 52.7 Å². The van der Waals surface area contributed by atoms with Crippen molar-refractivity contribution in [3.63, 3.8) is 0 Å². The molecular formula is C17H17N3Na2O6. The van der Waals surface area contributed by atoms with Crippen LogP contribution in [-0.2, 0) is 4.79 Å². The van der Waals surface area contributed by atoms with Crippen LogP contribution in [-0.4, -0.2) is 98.8 Å². The van der Waals surface area contributed by atoms with Gasteiger partial charge in [-0.15, -0.1) is 0 Å². The molecule has 2 aromatic rings. The maximum absolute atomic E-state index is 11.8. The quantitative estimate of drug-likeness (QED) is 0.404. The molecule has 0 atom stereocenters. The fourth-order valence-corrected chi connectivity index (χ4v) is 1.94. The average Bonchev–Trinajstić information content (AvgIpc) is 2.60. The Morgan fingerprint density at radius 1 is 0.893 bits per heavy atom. The average molecular weight is 405 g/mol. The Hall–Kier alpha value is -1.75. The molecule has 1 amide bonds. The number of carboxylic acid groups (broad SMARTS) is 2. The van der Waals surface area contributed by atoms with Gasteiger partial charge >= 0.3 is 71.1 Å². The zero-order chi connectivity index (χ0) is 19.1. The molecule has 11 heteroatoms. The van der Waals surface area contributed by atoms with Crippen molar-refractivity contribution in [1.82, 2.24) is 5.32 Å². The number of nitrogens with zero attached hydrogens (tertiary/aromatic N) is 2. The van der Waals surface area contributed by atoms with Crippen molar-refractivity contribution in [2.75, 3.05) is 6.54 Å². The van der Waals surface area contributed by atoms with Crippen molar-refractivity contribution in [2.45, 2.75) is 6.42 Å². The summed E-state index contributed by atoms with van der Waals surface area (Å²) in [5.41, 5.74) is 0.731. The van der Waals surface area contributed by atoms with E-state index in [2.05, 4.69) is 15.5 Å². The molecule has 0 saturated heterocycles. The summed E-state index contributed by atoms with van der Waals surface area (Å²) in [6.45, 7) is 0.0301. The van der Waals surface area contributed by atoms with Crippen molar-refractivity contribution in [3.8, 4) is 5.75 Å². The van der Waals surface area contributed by atoms with E-state index in [0.717, 1.165) is 0 Å². The number of benzene rings is 2. The van der Waals surface area contributed by atoms with E-state index in [9.17, 15) is 19.5 Å². The summed E-state index contributed by atoms with van der Waals surface area (Å²) in [4.78, 5) is 33.2.